The topological polar surface area (TPSA) is 77.0 Å². The van der Waals surface area contributed by atoms with Crippen LogP contribution in [0.4, 0.5) is 0 Å². The van der Waals surface area contributed by atoms with Crippen molar-refractivity contribution in [1.29, 1.82) is 0 Å². The molecule has 0 saturated heterocycles. The van der Waals surface area contributed by atoms with Crippen molar-refractivity contribution in [2.75, 3.05) is 27.4 Å². The normalized spacial score (nSPS) is 11.6. The average molecular weight is 373 g/mol. The zero-order valence-corrected chi connectivity index (χ0v) is 16.0. The van der Waals surface area contributed by atoms with E-state index in [1.54, 1.807) is 49.6 Å². The molecule has 6 heteroatoms. The third-order valence-corrected chi connectivity index (χ3v) is 4.14. The van der Waals surface area contributed by atoms with Crippen molar-refractivity contribution < 1.29 is 24.1 Å². The molecule has 6 nitrogen and oxygen atoms in total. The summed E-state index contributed by atoms with van der Waals surface area (Å²) in [7, 11) is 3.12. The molecule has 1 amide bonds. The van der Waals surface area contributed by atoms with Crippen LogP contribution < -0.4 is 19.5 Å². The van der Waals surface area contributed by atoms with E-state index < -0.39 is 6.10 Å². The monoisotopic (exact) mass is 373 g/mol. The molecule has 0 aromatic heterocycles. The fourth-order valence-corrected chi connectivity index (χ4v) is 2.49. The van der Waals surface area contributed by atoms with Crippen molar-refractivity contribution >= 4 is 5.91 Å². The number of hydrogen-bond acceptors (Lipinski definition) is 5. The Morgan fingerprint density at radius 3 is 2.44 bits per heavy atom. The van der Waals surface area contributed by atoms with Crippen molar-refractivity contribution in [3.05, 3.63) is 53.6 Å². The summed E-state index contributed by atoms with van der Waals surface area (Å²) in [5, 5.41) is 13.0. The maximum absolute atomic E-state index is 12.4. The van der Waals surface area contributed by atoms with Gasteiger partial charge in [0.15, 0.2) is 11.5 Å². The number of hydrogen-bond donors (Lipinski definition) is 2. The number of methoxy groups -OCH3 is 2. The van der Waals surface area contributed by atoms with Crippen molar-refractivity contribution in [3.8, 4) is 17.2 Å². The van der Waals surface area contributed by atoms with Crippen molar-refractivity contribution in [2.24, 2.45) is 0 Å². The maximum atomic E-state index is 12.4. The Labute approximate surface area is 160 Å². The number of amides is 1. The molecule has 1 unspecified atom stereocenters. The number of benzene rings is 2. The zero-order valence-electron chi connectivity index (χ0n) is 16.0. The van der Waals surface area contributed by atoms with Crippen molar-refractivity contribution in [3.63, 3.8) is 0 Å². The quantitative estimate of drug-likeness (QED) is 0.625. The van der Waals surface area contributed by atoms with Gasteiger partial charge in [0.1, 0.15) is 5.75 Å². The number of unbranched alkanes of at least 4 members (excludes halogenated alkanes) is 1. The van der Waals surface area contributed by atoms with Crippen LogP contribution in [0, 0.1) is 0 Å². The van der Waals surface area contributed by atoms with Gasteiger partial charge in [0, 0.05) is 12.1 Å². The van der Waals surface area contributed by atoms with Crippen molar-refractivity contribution in [2.45, 2.75) is 25.9 Å². The summed E-state index contributed by atoms with van der Waals surface area (Å²) in [5.74, 6) is 1.54. The molecule has 146 valence electrons. The summed E-state index contributed by atoms with van der Waals surface area (Å²) in [6, 6.07) is 12.1. The molecule has 0 bridgehead atoms. The molecule has 1 atom stereocenters. The second kappa shape index (κ2) is 10.4. The molecule has 0 aliphatic carbocycles. The molecule has 2 aromatic carbocycles. The summed E-state index contributed by atoms with van der Waals surface area (Å²) in [6.45, 7) is 2.79. The Morgan fingerprint density at radius 1 is 1.07 bits per heavy atom. The van der Waals surface area contributed by atoms with Crippen LogP contribution in [0.5, 0.6) is 17.2 Å². The van der Waals surface area contributed by atoms with E-state index in [-0.39, 0.29) is 12.5 Å². The number of carbonyl (C=O) groups is 1. The lowest BCUT2D eigenvalue weighted by Crippen LogP contribution is -2.28. The van der Waals surface area contributed by atoms with Crippen LogP contribution in [-0.2, 0) is 0 Å². The van der Waals surface area contributed by atoms with Gasteiger partial charge in [-0.15, -0.1) is 0 Å². The maximum Gasteiger partial charge on any atom is 0.251 e. The minimum atomic E-state index is -0.807. The first-order chi connectivity index (χ1) is 13.1. The molecule has 0 aliphatic rings. The lowest BCUT2D eigenvalue weighted by atomic mass is 10.1. The van der Waals surface area contributed by atoms with Gasteiger partial charge in [0.25, 0.3) is 5.91 Å². The van der Waals surface area contributed by atoms with E-state index in [1.807, 2.05) is 0 Å². The Morgan fingerprint density at radius 2 is 1.81 bits per heavy atom. The van der Waals surface area contributed by atoms with E-state index in [1.165, 1.54) is 7.11 Å². The Kier molecular flexibility index (Phi) is 7.95. The van der Waals surface area contributed by atoms with E-state index in [9.17, 15) is 9.90 Å². The molecule has 0 radical (unpaired) electrons. The Bertz CT molecular complexity index is 730. The Balaban J connectivity index is 1.96. The van der Waals surface area contributed by atoms with E-state index in [0.717, 1.165) is 12.8 Å². The van der Waals surface area contributed by atoms with Crippen molar-refractivity contribution in [1.82, 2.24) is 5.32 Å². The Hall–Kier alpha value is -2.73. The molecule has 0 spiro atoms. The third-order valence-electron chi connectivity index (χ3n) is 4.14. The molecule has 0 saturated carbocycles. The van der Waals surface area contributed by atoms with Crippen LogP contribution in [0.1, 0.15) is 41.8 Å². The summed E-state index contributed by atoms with van der Waals surface area (Å²) < 4.78 is 16.1. The lowest BCUT2D eigenvalue weighted by molar-refractivity contribution is 0.0916. The van der Waals surface area contributed by atoms with Gasteiger partial charge in [-0.1, -0.05) is 25.5 Å². The van der Waals surface area contributed by atoms with Gasteiger partial charge in [-0.2, -0.15) is 0 Å². The van der Waals surface area contributed by atoms with Gasteiger partial charge in [-0.3, -0.25) is 4.79 Å². The standard InChI is InChI=1S/C21H27NO5/c1-4-5-12-27-19-11-8-16(13-20(19)26-3)21(24)22-14-18(23)15-6-9-17(25-2)10-7-15/h6-11,13,18,23H,4-5,12,14H2,1-3H3,(H,22,24). The SMILES string of the molecule is CCCCOc1ccc(C(=O)NCC(O)c2ccc(OC)cc2)cc1OC. The fraction of sp³-hybridized carbons (Fsp3) is 0.381. The van der Waals surface area contributed by atoms with E-state index in [0.29, 0.717) is 35.0 Å². The number of aliphatic hydroxyl groups excluding tert-OH is 1. The third kappa shape index (κ3) is 5.89. The van der Waals surface area contributed by atoms with E-state index >= 15 is 0 Å². The zero-order chi connectivity index (χ0) is 19.6. The van der Waals surface area contributed by atoms with Crippen LogP contribution in [0.2, 0.25) is 0 Å². The summed E-state index contributed by atoms with van der Waals surface area (Å²) in [6.07, 6.45) is 1.19. The highest BCUT2D eigenvalue weighted by Crippen LogP contribution is 2.28. The number of rotatable bonds is 10. The van der Waals surface area contributed by atoms with Crippen LogP contribution >= 0.6 is 0 Å². The molecule has 0 heterocycles. The van der Waals surface area contributed by atoms with Crippen LogP contribution in [-0.4, -0.2) is 38.4 Å². The van der Waals surface area contributed by atoms with Crippen LogP contribution in [0.3, 0.4) is 0 Å². The molecular weight excluding hydrogens is 346 g/mol. The molecule has 0 fully saturated rings. The average Bonchev–Trinajstić information content (AvgIpc) is 2.72. The molecule has 2 N–H and O–H groups in total. The summed E-state index contributed by atoms with van der Waals surface area (Å²) in [4.78, 5) is 12.4. The highest BCUT2D eigenvalue weighted by atomic mass is 16.5. The van der Waals surface area contributed by atoms with Gasteiger partial charge in [-0.25, -0.2) is 0 Å². The number of nitrogens with one attached hydrogen (secondary N) is 1. The first-order valence-corrected chi connectivity index (χ1v) is 9.00. The first-order valence-electron chi connectivity index (χ1n) is 9.00. The molecule has 27 heavy (non-hydrogen) atoms. The highest BCUT2D eigenvalue weighted by molar-refractivity contribution is 5.94. The van der Waals surface area contributed by atoms with Gasteiger partial charge < -0.3 is 24.6 Å². The minimum absolute atomic E-state index is 0.0994. The number of aliphatic hydroxyl groups is 1. The lowest BCUT2D eigenvalue weighted by Gasteiger charge is -2.14. The van der Waals surface area contributed by atoms with Gasteiger partial charge in [0.2, 0.25) is 0 Å². The summed E-state index contributed by atoms with van der Waals surface area (Å²) >= 11 is 0. The van der Waals surface area contributed by atoms with E-state index in [2.05, 4.69) is 12.2 Å². The summed E-state index contributed by atoms with van der Waals surface area (Å²) in [5.41, 5.74) is 1.14. The fourth-order valence-electron chi connectivity index (χ4n) is 2.49. The smallest absolute Gasteiger partial charge is 0.251 e. The van der Waals surface area contributed by atoms with E-state index in [4.69, 9.17) is 14.2 Å². The van der Waals surface area contributed by atoms with Crippen LogP contribution in [0.25, 0.3) is 0 Å². The second-order valence-corrected chi connectivity index (χ2v) is 6.07. The largest absolute Gasteiger partial charge is 0.497 e. The number of carbonyl (C=O) groups excluding carboxylic acids is 1. The molecular formula is C21H27NO5. The number of ether oxygens (including phenoxy) is 3. The van der Waals surface area contributed by atoms with Gasteiger partial charge >= 0.3 is 0 Å². The predicted octanol–water partition coefficient (Wildman–Crippen LogP) is 3.35. The highest BCUT2D eigenvalue weighted by Gasteiger charge is 2.14. The molecule has 2 rings (SSSR count). The van der Waals surface area contributed by atoms with Gasteiger partial charge in [-0.05, 0) is 42.3 Å². The van der Waals surface area contributed by atoms with Crippen LogP contribution in [0.15, 0.2) is 42.5 Å². The van der Waals surface area contributed by atoms with Gasteiger partial charge in [0.05, 0.1) is 26.9 Å². The molecule has 2 aromatic rings. The molecule has 0 aliphatic heterocycles. The first kappa shape index (κ1) is 20.6. The second-order valence-electron chi connectivity index (χ2n) is 6.07. The minimum Gasteiger partial charge on any atom is -0.497 e. The predicted molar refractivity (Wildman–Crippen MR) is 104 cm³/mol.